The first-order valence-electron chi connectivity index (χ1n) is 8.38. The van der Waals surface area contributed by atoms with Gasteiger partial charge in [-0.2, -0.15) is 0 Å². The number of hydrogen-bond donors (Lipinski definition) is 1. The average Bonchev–Trinajstić information content (AvgIpc) is 2.70. The van der Waals surface area contributed by atoms with Gasteiger partial charge in [-0.25, -0.2) is 4.79 Å². The van der Waals surface area contributed by atoms with E-state index in [0.29, 0.717) is 5.56 Å². The average molecular weight is 332 g/mol. The van der Waals surface area contributed by atoms with Gasteiger partial charge in [0.05, 0.1) is 12.7 Å². The molecule has 3 nitrogen and oxygen atoms in total. The molecule has 0 aliphatic carbocycles. The Morgan fingerprint density at radius 3 is 1.84 bits per heavy atom. The highest BCUT2D eigenvalue weighted by Gasteiger charge is 2.17. The van der Waals surface area contributed by atoms with Crippen LogP contribution in [0.5, 0.6) is 0 Å². The molecule has 0 amide bonds. The first-order chi connectivity index (χ1) is 12.3. The molecule has 0 aliphatic rings. The van der Waals surface area contributed by atoms with Crippen LogP contribution in [0.1, 0.15) is 33.1 Å². The standard InChI is InChI=1S/C22H21NO2/c1-25-22(24)20-14-12-17(13-15-20)16-23-21(18-8-4-2-5-9-18)19-10-6-3-7-11-19/h2-15,21,23H,16H2,1H3/p+1. The maximum Gasteiger partial charge on any atom is 0.337 e. The van der Waals surface area contributed by atoms with Gasteiger partial charge in [0.25, 0.3) is 0 Å². The first kappa shape index (κ1) is 16.9. The molecule has 0 radical (unpaired) electrons. The molecule has 3 aromatic rings. The Hall–Kier alpha value is -2.91. The summed E-state index contributed by atoms with van der Waals surface area (Å²) >= 11 is 0. The normalized spacial score (nSPS) is 10.6. The summed E-state index contributed by atoms with van der Waals surface area (Å²) in [6.07, 6.45) is 0. The third-order valence-corrected chi connectivity index (χ3v) is 4.28. The molecule has 126 valence electrons. The summed E-state index contributed by atoms with van der Waals surface area (Å²) in [7, 11) is 1.40. The van der Waals surface area contributed by atoms with Crippen LogP contribution in [-0.2, 0) is 11.3 Å². The maximum absolute atomic E-state index is 11.5. The van der Waals surface area contributed by atoms with Gasteiger partial charge in [-0.3, -0.25) is 0 Å². The van der Waals surface area contributed by atoms with E-state index < -0.39 is 0 Å². The molecule has 0 unspecified atom stereocenters. The Balaban J connectivity index is 1.76. The van der Waals surface area contributed by atoms with Crippen LogP contribution < -0.4 is 5.32 Å². The topological polar surface area (TPSA) is 42.9 Å². The number of quaternary nitrogens is 1. The quantitative estimate of drug-likeness (QED) is 0.704. The van der Waals surface area contributed by atoms with E-state index in [0.717, 1.165) is 6.54 Å². The Kier molecular flexibility index (Phi) is 5.60. The van der Waals surface area contributed by atoms with Crippen molar-refractivity contribution in [2.45, 2.75) is 12.6 Å². The second kappa shape index (κ2) is 8.27. The zero-order chi connectivity index (χ0) is 17.5. The van der Waals surface area contributed by atoms with Gasteiger partial charge in [-0.15, -0.1) is 0 Å². The number of methoxy groups -OCH3 is 1. The van der Waals surface area contributed by atoms with Crippen LogP contribution in [0.3, 0.4) is 0 Å². The van der Waals surface area contributed by atoms with Gasteiger partial charge in [0.15, 0.2) is 0 Å². The molecule has 25 heavy (non-hydrogen) atoms. The van der Waals surface area contributed by atoms with E-state index in [1.807, 2.05) is 36.4 Å². The molecular formula is C22H22NO2+. The molecule has 0 fully saturated rings. The lowest BCUT2D eigenvalue weighted by Gasteiger charge is -2.17. The summed E-state index contributed by atoms with van der Waals surface area (Å²) in [5, 5.41) is 2.32. The number of carbonyl (C=O) groups excluding carboxylic acids is 1. The second-order valence-corrected chi connectivity index (χ2v) is 5.93. The molecule has 2 N–H and O–H groups in total. The van der Waals surface area contributed by atoms with Crippen LogP contribution in [0.15, 0.2) is 84.9 Å². The van der Waals surface area contributed by atoms with Crippen LogP contribution in [0.25, 0.3) is 0 Å². The fourth-order valence-corrected chi connectivity index (χ4v) is 2.93. The first-order valence-corrected chi connectivity index (χ1v) is 8.38. The number of benzene rings is 3. The highest BCUT2D eigenvalue weighted by molar-refractivity contribution is 5.89. The van der Waals surface area contributed by atoms with Crippen molar-refractivity contribution in [2.75, 3.05) is 7.11 Å². The smallest absolute Gasteiger partial charge is 0.337 e. The van der Waals surface area contributed by atoms with Crippen molar-refractivity contribution < 1.29 is 14.8 Å². The maximum atomic E-state index is 11.5. The Labute approximate surface area is 148 Å². The Morgan fingerprint density at radius 2 is 1.36 bits per heavy atom. The fourth-order valence-electron chi connectivity index (χ4n) is 2.93. The molecule has 3 aromatic carbocycles. The van der Waals surface area contributed by atoms with Gasteiger partial charge in [-0.1, -0.05) is 72.8 Å². The van der Waals surface area contributed by atoms with E-state index in [2.05, 4.69) is 53.8 Å². The molecule has 0 saturated carbocycles. The largest absolute Gasteiger partial charge is 0.465 e. The number of esters is 1. The third-order valence-electron chi connectivity index (χ3n) is 4.28. The SMILES string of the molecule is COC(=O)c1ccc(C[NH2+]C(c2ccccc2)c2ccccc2)cc1. The van der Waals surface area contributed by atoms with Crippen LogP contribution in [-0.4, -0.2) is 13.1 Å². The summed E-state index contributed by atoms with van der Waals surface area (Å²) in [6, 6.07) is 28.8. The number of rotatable bonds is 6. The minimum atomic E-state index is -0.304. The minimum Gasteiger partial charge on any atom is -0.465 e. The van der Waals surface area contributed by atoms with Crippen LogP contribution in [0, 0.1) is 0 Å². The predicted octanol–water partition coefficient (Wildman–Crippen LogP) is 3.33. The summed E-state index contributed by atoms with van der Waals surface area (Å²) in [6.45, 7) is 0.829. The van der Waals surface area contributed by atoms with Crippen molar-refractivity contribution in [2.24, 2.45) is 0 Å². The monoisotopic (exact) mass is 332 g/mol. The molecule has 0 aliphatic heterocycles. The highest BCUT2D eigenvalue weighted by atomic mass is 16.5. The molecule has 0 atom stereocenters. The number of hydrogen-bond acceptors (Lipinski definition) is 2. The lowest BCUT2D eigenvalue weighted by Crippen LogP contribution is -2.83. The number of carbonyl (C=O) groups is 1. The summed E-state index contributed by atoms with van der Waals surface area (Å²) < 4.78 is 4.74. The van der Waals surface area contributed by atoms with Crippen molar-refractivity contribution in [3.63, 3.8) is 0 Å². The van der Waals surface area contributed by atoms with Gasteiger partial charge in [0.1, 0.15) is 12.6 Å². The molecule has 0 bridgehead atoms. The van der Waals surface area contributed by atoms with Gasteiger partial charge < -0.3 is 10.1 Å². The summed E-state index contributed by atoms with van der Waals surface area (Å²) in [5.74, 6) is -0.304. The summed E-state index contributed by atoms with van der Waals surface area (Å²) in [5.41, 5.74) is 4.30. The molecule has 0 spiro atoms. The predicted molar refractivity (Wildman–Crippen MR) is 98.1 cm³/mol. The van der Waals surface area contributed by atoms with E-state index in [9.17, 15) is 4.79 Å². The zero-order valence-electron chi connectivity index (χ0n) is 14.3. The van der Waals surface area contributed by atoms with Gasteiger partial charge in [0.2, 0.25) is 0 Å². The Morgan fingerprint density at radius 1 is 0.840 bits per heavy atom. The fraction of sp³-hybridized carbons (Fsp3) is 0.136. The van der Waals surface area contributed by atoms with Gasteiger partial charge >= 0.3 is 5.97 Å². The van der Waals surface area contributed by atoms with Crippen LogP contribution in [0.4, 0.5) is 0 Å². The number of nitrogens with two attached hydrogens (primary N) is 1. The Bertz CT molecular complexity index is 759. The molecular weight excluding hydrogens is 310 g/mol. The lowest BCUT2D eigenvalue weighted by molar-refractivity contribution is -0.702. The van der Waals surface area contributed by atoms with Crippen molar-refractivity contribution in [3.05, 3.63) is 107 Å². The molecule has 0 aromatic heterocycles. The van der Waals surface area contributed by atoms with Crippen molar-refractivity contribution in [1.82, 2.24) is 0 Å². The van der Waals surface area contributed by atoms with E-state index in [4.69, 9.17) is 4.74 Å². The second-order valence-electron chi connectivity index (χ2n) is 5.93. The molecule has 3 heteroatoms. The minimum absolute atomic E-state index is 0.239. The van der Waals surface area contributed by atoms with Gasteiger partial charge in [0, 0.05) is 16.7 Å². The lowest BCUT2D eigenvalue weighted by atomic mass is 9.98. The highest BCUT2D eigenvalue weighted by Crippen LogP contribution is 2.18. The zero-order valence-corrected chi connectivity index (χ0v) is 14.3. The van der Waals surface area contributed by atoms with E-state index >= 15 is 0 Å². The molecule has 3 rings (SSSR count). The van der Waals surface area contributed by atoms with Crippen molar-refractivity contribution in [1.29, 1.82) is 0 Å². The molecule has 0 saturated heterocycles. The van der Waals surface area contributed by atoms with E-state index in [-0.39, 0.29) is 12.0 Å². The third kappa shape index (κ3) is 4.34. The molecule has 0 heterocycles. The summed E-state index contributed by atoms with van der Waals surface area (Å²) in [4.78, 5) is 11.5. The van der Waals surface area contributed by atoms with Crippen LogP contribution >= 0.6 is 0 Å². The van der Waals surface area contributed by atoms with E-state index in [1.165, 1.54) is 23.8 Å². The number of ether oxygens (including phenoxy) is 1. The van der Waals surface area contributed by atoms with E-state index in [1.54, 1.807) is 0 Å². The van der Waals surface area contributed by atoms with Crippen molar-refractivity contribution >= 4 is 5.97 Å². The van der Waals surface area contributed by atoms with Crippen molar-refractivity contribution in [3.8, 4) is 0 Å². The van der Waals surface area contributed by atoms with Crippen LogP contribution in [0.2, 0.25) is 0 Å². The van der Waals surface area contributed by atoms with Gasteiger partial charge in [-0.05, 0) is 12.1 Å².